The number of sulfonamides is 1. The summed E-state index contributed by atoms with van der Waals surface area (Å²) in [5, 5.41) is 0. The quantitative estimate of drug-likeness (QED) is 0.678. The van der Waals surface area contributed by atoms with E-state index in [0.29, 0.717) is 25.3 Å². The van der Waals surface area contributed by atoms with Crippen LogP contribution < -0.4 is 15.2 Å². The van der Waals surface area contributed by atoms with Crippen molar-refractivity contribution >= 4 is 15.9 Å². The summed E-state index contributed by atoms with van der Waals surface area (Å²) in [6.07, 6.45) is 0.605. The van der Waals surface area contributed by atoms with Gasteiger partial charge < -0.3 is 15.4 Å². The lowest BCUT2D eigenvalue weighted by Gasteiger charge is -2.30. The molecular weight excluding hydrogens is 378 g/mol. The summed E-state index contributed by atoms with van der Waals surface area (Å²) < 4.78 is 33.2. The number of carbonyl (C=O) groups excluding carboxylic acids is 1. The van der Waals surface area contributed by atoms with E-state index in [-0.39, 0.29) is 24.0 Å². The summed E-state index contributed by atoms with van der Waals surface area (Å²) in [5.41, 5.74) is 7.57. The van der Waals surface area contributed by atoms with Crippen LogP contribution in [0.3, 0.4) is 0 Å². The minimum Gasteiger partial charge on any atom is -0.492 e. The highest BCUT2D eigenvalue weighted by Crippen LogP contribution is 2.23. The molecule has 2 aromatic rings. The second kappa shape index (κ2) is 8.72. The monoisotopic (exact) mass is 403 g/mol. The third-order valence-electron chi connectivity index (χ3n) is 4.61. The number of nitrogens with two attached hydrogens (primary N) is 1. The zero-order valence-electron chi connectivity index (χ0n) is 15.8. The van der Waals surface area contributed by atoms with E-state index in [0.717, 1.165) is 11.1 Å². The molecule has 3 rings (SSSR count). The van der Waals surface area contributed by atoms with Gasteiger partial charge in [-0.05, 0) is 48.7 Å². The molecule has 1 amide bonds. The van der Waals surface area contributed by atoms with Crippen molar-refractivity contribution in [3.63, 3.8) is 0 Å². The zero-order chi connectivity index (χ0) is 20.1. The fraction of sp³-hybridized carbons (Fsp3) is 0.350. The Labute approximate surface area is 165 Å². The van der Waals surface area contributed by atoms with E-state index in [4.69, 9.17) is 10.5 Å². The van der Waals surface area contributed by atoms with Gasteiger partial charge >= 0.3 is 0 Å². The van der Waals surface area contributed by atoms with E-state index in [1.807, 2.05) is 30.3 Å². The molecule has 1 aliphatic heterocycles. The Morgan fingerprint density at radius 1 is 1.21 bits per heavy atom. The van der Waals surface area contributed by atoms with Crippen molar-refractivity contribution in [2.75, 3.05) is 19.7 Å². The number of ether oxygens (including phenoxy) is 1. The Kier molecular flexibility index (Phi) is 6.33. The molecule has 0 saturated carbocycles. The Hall–Kier alpha value is -2.42. The van der Waals surface area contributed by atoms with E-state index >= 15 is 0 Å². The van der Waals surface area contributed by atoms with Crippen LogP contribution in [-0.2, 0) is 27.8 Å². The topological polar surface area (TPSA) is 102 Å². The average molecular weight is 404 g/mol. The highest BCUT2D eigenvalue weighted by Gasteiger charge is 2.24. The largest absolute Gasteiger partial charge is 0.492 e. The van der Waals surface area contributed by atoms with Gasteiger partial charge in [-0.2, -0.15) is 0 Å². The highest BCUT2D eigenvalue weighted by molar-refractivity contribution is 7.89. The fourth-order valence-electron chi connectivity index (χ4n) is 3.12. The average Bonchev–Trinajstić information content (AvgIpc) is 2.70. The van der Waals surface area contributed by atoms with Gasteiger partial charge in [-0.25, -0.2) is 13.1 Å². The molecule has 0 radical (unpaired) electrons. The molecule has 0 unspecified atom stereocenters. The van der Waals surface area contributed by atoms with Crippen molar-refractivity contribution in [1.82, 2.24) is 9.62 Å². The molecule has 7 nitrogen and oxygen atoms in total. The van der Waals surface area contributed by atoms with Gasteiger partial charge in [0.25, 0.3) is 0 Å². The molecule has 0 saturated heterocycles. The number of hydrogen-bond acceptors (Lipinski definition) is 5. The fourth-order valence-corrected chi connectivity index (χ4v) is 4.18. The van der Waals surface area contributed by atoms with Crippen LogP contribution >= 0.6 is 0 Å². The Balaban J connectivity index is 1.60. The van der Waals surface area contributed by atoms with Crippen molar-refractivity contribution < 1.29 is 17.9 Å². The van der Waals surface area contributed by atoms with Gasteiger partial charge in [0.2, 0.25) is 15.9 Å². The normalized spacial score (nSPS) is 15.0. The van der Waals surface area contributed by atoms with Gasteiger partial charge in [0.05, 0.1) is 10.9 Å². The summed E-state index contributed by atoms with van der Waals surface area (Å²) in [7, 11) is -3.62. The van der Waals surface area contributed by atoms with Gasteiger partial charge in [-0.3, -0.25) is 4.79 Å². The van der Waals surface area contributed by atoms with Crippen LogP contribution in [-0.4, -0.2) is 45.0 Å². The smallest absolute Gasteiger partial charge is 0.240 e. The third-order valence-corrected chi connectivity index (χ3v) is 6.07. The van der Waals surface area contributed by atoms with Gasteiger partial charge in [0.15, 0.2) is 0 Å². The SMILES string of the molecule is C[C@H](N)C(=O)N1CCc2cc(S(=O)(=O)NCCOc3ccccc3)ccc2C1. The Morgan fingerprint density at radius 3 is 2.68 bits per heavy atom. The van der Waals surface area contributed by atoms with Gasteiger partial charge in [0, 0.05) is 19.6 Å². The number of carbonyl (C=O) groups is 1. The highest BCUT2D eigenvalue weighted by atomic mass is 32.2. The predicted molar refractivity (Wildman–Crippen MR) is 106 cm³/mol. The number of hydrogen-bond donors (Lipinski definition) is 2. The summed E-state index contributed by atoms with van der Waals surface area (Å²) in [4.78, 5) is 14.0. The van der Waals surface area contributed by atoms with Crippen LogP contribution in [0.15, 0.2) is 53.4 Å². The van der Waals surface area contributed by atoms with Crippen molar-refractivity contribution in [3.05, 3.63) is 59.7 Å². The molecule has 3 N–H and O–H groups in total. The maximum Gasteiger partial charge on any atom is 0.240 e. The number of nitrogens with zero attached hydrogens (tertiary/aromatic N) is 1. The minimum absolute atomic E-state index is 0.0950. The van der Waals surface area contributed by atoms with Crippen molar-refractivity contribution in [3.8, 4) is 5.75 Å². The maximum absolute atomic E-state index is 12.5. The summed E-state index contributed by atoms with van der Waals surface area (Å²) in [6.45, 7) is 3.07. The van der Waals surface area contributed by atoms with Crippen LogP contribution in [0.25, 0.3) is 0 Å². The molecule has 1 atom stereocenters. The van der Waals surface area contributed by atoms with E-state index < -0.39 is 16.1 Å². The van der Waals surface area contributed by atoms with Gasteiger partial charge in [0.1, 0.15) is 12.4 Å². The molecule has 0 fully saturated rings. The summed E-state index contributed by atoms with van der Waals surface area (Å²) in [5.74, 6) is 0.601. The first-order chi connectivity index (χ1) is 13.4. The third kappa shape index (κ3) is 4.89. The molecule has 0 spiro atoms. The molecular formula is C20H25N3O4S. The first-order valence-corrected chi connectivity index (χ1v) is 10.7. The molecule has 1 aliphatic rings. The molecule has 0 bridgehead atoms. The first kappa shape index (κ1) is 20.3. The standard InChI is InChI=1S/C20H25N3O4S/c1-15(21)20(24)23-11-9-16-13-19(8-7-17(16)14-23)28(25,26)22-10-12-27-18-5-3-2-4-6-18/h2-8,13,15,22H,9-12,14,21H2,1H3/t15-/m0/s1. The summed E-state index contributed by atoms with van der Waals surface area (Å²) in [6, 6.07) is 13.7. The number of nitrogens with one attached hydrogen (secondary N) is 1. The van der Waals surface area contributed by atoms with Crippen LogP contribution in [0.4, 0.5) is 0 Å². The molecule has 0 aliphatic carbocycles. The van der Waals surface area contributed by atoms with E-state index in [9.17, 15) is 13.2 Å². The van der Waals surface area contributed by atoms with Crippen LogP contribution in [0.2, 0.25) is 0 Å². The van der Waals surface area contributed by atoms with Crippen LogP contribution in [0.1, 0.15) is 18.1 Å². The van der Waals surface area contributed by atoms with Gasteiger partial charge in [-0.1, -0.05) is 24.3 Å². The summed E-state index contributed by atoms with van der Waals surface area (Å²) >= 11 is 0. The zero-order valence-corrected chi connectivity index (χ0v) is 16.6. The molecule has 28 heavy (non-hydrogen) atoms. The van der Waals surface area contributed by atoms with Crippen molar-refractivity contribution in [1.29, 1.82) is 0 Å². The molecule has 1 heterocycles. The second-order valence-corrected chi connectivity index (χ2v) is 8.56. The lowest BCUT2D eigenvalue weighted by atomic mass is 9.99. The second-order valence-electron chi connectivity index (χ2n) is 6.79. The van der Waals surface area contributed by atoms with E-state index in [1.165, 1.54) is 0 Å². The number of fused-ring (bicyclic) bond motifs is 1. The molecule has 2 aromatic carbocycles. The molecule has 0 aromatic heterocycles. The number of para-hydroxylation sites is 1. The maximum atomic E-state index is 12.5. The van der Waals surface area contributed by atoms with Crippen molar-refractivity contribution in [2.45, 2.75) is 30.8 Å². The lowest BCUT2D eigenvalue weighted by Crippen LogP contribution is -2.44. The molecule has 150 valence electrons. The van der Waals surface area contributed by atoms with Gasteiger partial charge in [-0.15, -0.1) is 0 Å². The number of amides is 1. The lowest BCUT2D eigenvalue weighted by molar-refractivity contribution is -0.133. The van der Waals surface area contributed by atoms with Crippen LogP contribution in [0, 0.1) is 0 Å². The number of rotatable bonds is 7. The molecule has 8 heteroatoms. The first-order valence-electron chi connectivity index (χ1n) is 9.20. The van der Waals surface area contributed by atoms with E-state index in [2.05, 4.69) is 4.72 Å². The minimum atomic E-state index is -3.62. The Bertz CT molecular complexity index is 930. The Morgan fingerprint density at radius 2 is 1.96 bits per heavy atom. The predicted octanol–water partition coefficient (Wildman–Crippen LogP) is 1.28. The van der Waals surface area contributed by atoms with E-state index in [1.54, 1.807) is 30.0 Å². The number of benzene rings is 2. The van der Waals surface area contributed by atoms with Crippen LogP contribution in [0.5, 0.6) is 5.75 Å². The van der Waals surface area contributed by atoms with Crippen molar-refractivity contribution in [2.24, 2.45) is 5.73 Å².